The number of aromatic nitrogens is 1. The Balaban J connectivity index is 2.00. The van der Waals surface area contributed by atoms with Crippen LogP contribution in [0.3, 0.4) is 0 Å². The van der Waals surface area contributed by atoms with E-state index in [2.05, 4.69) is 10.3 Å². The van der Waals surface area contributed by atoms with Gasteiger partial charge in [-0.05, 0) is 37.7 Å². The maximum Gasteiger partial charge on any atom is 0.391 e. The van der Waals surface area contributed by atoms with Crippen LogP contribution in [0.2, 0.25) is 0 Å². The second-order valence-electron chi connectivity index (χ2n) is 5.97. The molecule has 7 heteroatoms. The summed E-state index contributed by atoms with van der Waals surface area (Å²) in [5.41, 5.74) is 0.811. The number of rotatable bonds is 6. The number of hydrogen-bond donors (Lipinski definition) is 2. The molecule has 1 aliphatic carbocycles. The highest BCUT2D eigenvalue weighted by atomic mass is 19.4. The number of alkyl halides is 3. The highest BCUT2D eigenvalue weighted by molar-refractivity contribution is 5.61. The Hall–Kier alpha value is -1.76. The van der Waals surface area contributed by atoms with Gasteiger partial charge in [-0.15, -0.1) is 0 Å². The van der Waals surface area contributed by atoms with Crippen molar-refractivity contribution in [2.75, 3.05) is 25.6 Å². The summed E-state index contributed by atoms with van der Waals surface area (Å²) < 4.78 is 43.4. The fraction of sp³-hybridized carbons (Fsp3) is 0.588. The van der Waals surface area contributed by atoms with Gasteiger partial charge in [-0.2, -0.15) is 13.2 Å². The Morgan fingerprint density at radius 3 is 2.62 bits per heavy atom. The number of pyridine rings is 1. The molecule has 1 aromatic rings. The lowest BCUT2D eigenvalue weighted by Gasteiger charge is -2.28. The lowest BCUT2D eigenvalue weighted by molar-refractivity contribution is -0.183. The molecular weight excluding hydrogens is 321 g/mol. The number of anilines is 1. The second kappa shape index (κ2) is 8.37. The molecule has 2 rings (SSSR count). The molecule has 1 saturated carbocycles. The summed E-state index contributed by atoms with van der Waals surface area (Å²) in [4.78, 5) is 4.17. The highest BCUT2D eigenvalue weighted by Gasteiger charge is 2.40. The first-order chi connectivity index (χ1) is 11.4. The van der Waals surface area contributed by atoms with Gasteiger partial charge >= 0.3 is 6.18 Å². The summed E-state index contributed by atoms with van der Waals surface area (Å²) in [5.74, 6) is 0.206. The smallest absolute Gasteiger partial charge is 0.391 e. The van der Waals surface area contributed by atoms with Gasteiger partial charge < -0.3 is 15.2 Å². The van der Waals surface area contributed by atoms with Gasteiger partial charge in [0.15, 0.2) is 0 Å². The van der Waals surface area contributed by atoms with Gasteiger partial charge in [-0.25, -0.2) is 4.98 Å². The number of nitrogens with zero attached hydrogens (tertiary/aromatic N) is 1. The van der Waals surface area contributed by atoms with Crippen molar-refractivity contribution in [3.8, 4) is 5.75 Å². The standard InChI is InChI=1S/C17H23F3N2O2/c1-24-15-11-22-16(21-8-9-23)10-13(15)5-2-12-3-6-14(7-4-12)17(18,19)20/h2,5,10-12,14,23H,3-4,6-9H2,1H3,(H,21,22)/b5-2+. The quantitative estimate of drug-likeness (QED) is 0.822. The van der Waals surface area contributed by atoms with Crippen LogP contribution in [0.25, 0.3) is 6.08 Å². The summed E-state index contributed by atoms with van der Waals surface area (Å²) in [6, 6.07) is 1.80. The molecule has 0 radical (unpaired) electrons. The van der Waals surface area contributed by atoms with Crippen LogP contribution in [-0.2, 0) is 0 Å². The minimum absolute atomic E-state index is 0.00132. The first kappa shape index (κ1) is 18.6. The zero-order valence-electron chi connectivity index (χ0n) is 13.6. The molecule has 0 spiro atoms. The van der Waals surface area contributed by atoms with Crippen molar-refractivity contribution < 1.29 is 23.0 Å². The van der Waals surface area contributed by atoms with E-state index in [1.54, 1.807) is 19.4 Å². The number of ether oxygens (including phenoxy) is 1. The number of halogens is 3. The van der Waals surface area contributed by atoms with Gasteiger partial charge in [0.1, 0.15) is 11.6 Å². The molecule has 0 atom stereocenters. The molecule has 4 nitrogen and oxygen atoms in total. The van der Waals surface area contributed by atoms with E-state index in [1.807, 2.05) is 12.2 Å². The molecule has 0 aromatic carbocycles. The predicted molar refractivity (Wildman–Crippen MR) is 86.9 cm³/mol. The van der Waals surface area contributed by atoms with E-state index >= 15 is 0 Å². The lowest BCUT2D eigenvalue weighted by atomic mass is 9.81. The molecule has 0 bridgehead atoms. The molecule has 1 fully saturated rings. The van der Waals surface area contributed by atoms with Gasteiger partial charge in [-0.1, -0.05) is 12.2 Å². The van der Waals surface area contributed by atoms with Gasteiger partial charge in [0.2, 0.25) is 0 Å². The summed E-state index contributed by atoms with van der Waals surface area (Å²) >= 11 is 0. The third kappa shape index (κ3) is 5.12. The monoisotopic (exact) mass is 344 g/mol. The Bertz CT molecular complexity index is 553. The largest absolute Gasteiger partial charge is 0.495 e. The van der Waals surface area contributed by atoms with E-state index in [4.69, 9.17) is 9.84 Å². The van der Waals surface area contributed by atoms with Crippen LogP contribution >= 0.6 is 0 Å². The third-order valence-corrected chi connectivity index (χ3v) is 4.32. The van der Waals surface area contributed by atoms with Crippen LogP contribution in [0.1, 0.15) is 31.2 Å². The zero-order chi connectivity index (χ0) is 17.6. The Kier molecular flexibility index (Phi) is 6.48. The van der Waals surface area contributed by atoms with Crippen molar-refractivity contribution in [1.82, 2.24) is 4.98 Å². The average molecular weight is 344 g/mol. The fourth-order valence-electron chi connectivity index (χ4n) is 2.92. The van der Waals surface area contributed by atoms with E-state index < -0.39 is 12.1 Å². The molecule has 134 valence electrons. The topological polar surface area (TPSA) is 54.4 Å². The number of aliphatic hydroxyl groups is 1. The van der Waals surface area contributed by atoms with E-state index in [0.717, 1.165) is 5.56 Å². The predicted octanol–water partition coefficient (Wildman–Crippen LogP) is 3.88. The van der Waals surface area contributed by atoms with Crippen LogP contribution in [0.15, 0.2) is 18.3 Å². The fourth-order valence-corrected chi connectivity index (χ4v) is 2.92. The minimum atomic E-state index is -4.07. The van der Waals surface area contributed by atoms with Gasteiger partial charge in [0.05, 0.1) is 25.8 Å². The molecule has 1 aliphatic rings. The molecular formula is C17H23F3N2O2. The summed E-state index contributed by atoms with van der Waals surface area (Å²) in [6.45, 7) is 0.394. The molecule has 0 aliphatic heterocycles. The average Bonchev–Trinajstić information content (AvgIpc) is 2.57. The molecule has 24 heavy (non-hydrogen) atoms. The third-order valence-electron chi connectivity index (χ3n) is 4.32. The van der Waals surface area contributed by atoms with Crippen molar-refractivity contribution in [2.45, 2.75) is 31.9 Å². The number of allylic oxidation sites excluding steroid dienone is 1. The first-order valence-corrected chi connectivity index (χ1v) is 8.07. The van der Waals surface area contributed by atoms with Gasteiger partial charge in [0, 0.05) is 12.1 Å². The van der Waals surface area contributed by atoms with E-state index in [9.17, 15) is 13.2 Å². The van der Waals surface area contributed by atoms with Gasteiger partial charge in [-0.3, -0.25) is 0 Å². The zero-order valence-corrected chi connectivity index (χ0v) is 13.6. The lowest BCUT2D eigenvalue weighted by Crippen LogP contribution is -2.27. The van der Waals surface area contributed by atoms with Gasteiger partial charge in [0.25, 0.3) is 0 Å². The van der Waals surface area contributed by atoms with Crippen LogP contribution in [0.4, 0.5) is 19.0 Å². The number of methoxy groups -OCH3 is 1. The van der Waals surface area contributed by atoms with E-state index in [1.165, 1.54) is 0 Å². The normalized spacial score (nSPS) is 21.9. The Labute approximate surface area is 139 Å². The molecule has 2 N–H and O–H groups in total. The maximum absolute atomic E-state index is 12.7. The van der Waals surface area contributed by atoms with Crippen molar-refractivity contribution >= 4 is 11.9 Å². The van der Waals surface area contributed by atoms with Crippen molar-refractivity contribution in [3.05, 3.63) is 23.9 Å². The number of aliphatic hydroxyl groups excluding tert-OH is 1. The summed E-state index contributed by atoms with van der Waals surface area (Å²) in [5, 5.41) is 11.8. The Morgan fingerprint density at radius 1 is 1.33 bits per heavy atom. The summed E-state index contributed by atoms with van der Waals surface area (Å²) in [7, 11) is 1.55. The molecule has 1 heterocycles. The minimum Gasteiger partial charge on any atom is -0.495 e. The second-order valence-corrected chi connectivity index (χ2v) is 5.97. The number of nitrogens with one attached hydrogen (secondary N) is 1. The Morgan fingerprint density at radius 2 is 2.04 bits per heavy atom. The number of hydrogen-bond acceptors (Lipinski definition) is 4. The van der Waals surface area contributed by atoms with Crippen molar-refractivity contribution in [2.24, 2.45) is 11.8 Å². The highest BCUT2D eigenvalue weighted by Crippen LogP contribution is 2.40. The van der Waals surface area contributed by atoms with Crippen molar-refractivity contribution in [1.29, 1.82) is 0 Å². The molecule has 1 aromatic heterocycles. The first-order valence-electron chi connectivity index (χ1n) is 8.07. The van der Waals surface area contributed by atoms with Crippen LogP contribution in [0.5, 0.6) is 5.75 Å². The summed E-state index contributed by atoms with van der Waals surface area (Å²) in [6.07, 6.45) is 2.82. The van der Waals surface area contributed by atoms with Crippen LogP contribution < -0.4 is 10.1 Å². The molecule has 0 amide bonds. The van der Waals surface area contributed by atoms with Crippen LogP contribution in [-0.4, -0.2) is 36.5 Å². The SMILES string of the molecule is COc1cnc(NCCO)cc1/C=C/C1CCC(C(F)(F)F)CC1. The van der Waals surface area contributed by atoms with E-state index in [0.29, 0.717) is 31.0 Å². The maximum atomic E-state index is 12.7. The van der Waals surface area contributed by atoms with Crippen molar-refractivity contribution in [3.63, 3.8) is 0 Å². The molecule has 0 unspecified atom stereocenters. The van der Waals surface area contributed by atoms with E-state index in [-0.39, 0.29) is 25.4 Å². The molecule has 0 saturated heterocycles. The van der Waals surface area contributed by atoms with Crippen LogP contribution in [0, 0.1) is 11.8 Å².